The quantitative estimate of drug-likeness (QED) is 0.776. The van der Waals surface area contributed by atoms with E-state index < -0.39 is 22.0 Å². The molecule has 1 fully saturated rings. The largest absolute Gasteiger partial charge is 0.378 e. The predicted octanol–water partition coefficient (Wildman–Crippen LogP) is -0.392. The lowest BCUT2D eigenvalue weighted by Crippen LogP contribution is -2.47. The van der Waals surface area contributed by atoms with Gasteiger partial charge in [-0.15, -0.1) is 0 Å². The number of piperazine rings is 1. The highest BCUT2D eigenvalue weighted by Crippen LogP contribution is 2.33. The first kappa shape index (κ1) is 14.5. The Morgan fingerprint density at radius 3 is 2.57 bits per heavy atom. The number of carbonyl (C=O) groups excluding carboxylic acids is 1. The van der Waals surface area contributed by atoms with Gasteiger partial charge in [0.05, 0.1) is 4.90 Å². The second kappa shape index (κ2) is 5.06. The molecule has 0 bridgehead atoms. The number of fused-ring (bicyclic) bond motifs is 1. The van der Waals surface area contributed by atoms with Gasteiger partial charge in [-0.25, -0.2) is 8.42 Å². The molecule has 2 aliphatic heterocycles. The third-order valence-corrected chi connectivity index (χ3v) is 5.82. The first-order valence-electron chi connectivity index (χ1n) is 6.71. The topological polar surface area (TPSA) is 90.0 Å². The standard InChI is InChI=1S/C13H17N3O4S/c1-15-4-6-16(7-5-15)21(19,20)9-2-3-11-10(8-9)12(17)13(18)14-11/h2-3,8,12,17H,4-7H2,1H3,(H,14,18). The molecular formula is C13H17N3O4S. The molecule has 1 unspecified atom stereocenters. The number of benzene rings is 1. The van der Waals surface area contributed by atoms with E-state index in [1.165, 1.54) is 22.5 Å². The molecule has 2 aliphatic rings. The lowest BCUT2D eigenvalue weighted by Gasteiger charge is -2.31. The van der Waals surface area contributed by atoms with Crippen LogP contribution >= 0.6 is 0 Å². The highest BCUT2D eigenvalue weighted by Gasteiger charge is 2.32. The minimum atomic E-state index is -3.59. The lowest BCUT2D eigenvalue weighted by molar-refractivity contribution is -0.123. The maximum absolute atomic E-state index is 12.6. The van der Waals surface area contributed by atoms with Gasteiger partial charge in [0.25, 0.3) is 5.91 Å². The number of hydrogen-bond acceptors (Lipinski definition) is 5. The Hall–Kier alpha value is -1.48. The van der Waals surface area contributed by atoms with Crippen LogP contribution in [0.1, 0.15) is 11.7 Å². The van der Waals surface area contributed by atoms with Crippen molar-refractivity contribution in [2.75, 3.05) is 38.5 Å². The third-order valence-electron chi connectivity index (χ3n) is 3.92. The summed E-state index contributed by atoms with van der Waals surface area (Å²) in [5.74, 6) is -0.529. The van der Waals surface area contributed by atoms with Gasteiger partial charge in [-0.2, -0.15) is 4.31 Å². The number of nitrogens with zero attached hydrogens (tertiary/aromatic N) is 2. The molecule has 0 saturated carbocycles. The Morgan fingerprint density at radius 2 is 1.90 bits per heavy atom. The van der Waals surface area contributed by atoms with Crippen molar-refractivity contribution in [3.63, 3.8) is 0 Å². The van der Waals surface area contributed by atoms with Crippen LogP contribution in [0, 0.1) is 0 Å². The number of aliphatic hydroxyl groups excluding tert-OH is 1. The molecule has 0 aromatic heterocycles. The summed E-state index contributed by atoms with van der Waals surface area (Å²) in [7, 11) is -1.64. The van der Waals surface area contributed by atoms with Gasteiger partial charge in [0.15, 0.2) is 6.10 Å². The second-order valence-corrected chi connectivity index (χ2v) is 7.29. The van der Waals surface area contributed by atoms with Crippen LogP contribution in [0.4, 0.5) is 5.69 Å². The van der Waals surface area contributed by atoms with E-state index in [1.54, 1.807) is 0 Å². The highest BCUT2D eigenvalue weighted by atomic mass is 32.2. The van der Waals surface area contributed by atoms with Gasteiger partial charge in [0.1, 0.15) is 0 Å². The van der Waals surface area contributed by atoms with Gasteiger partial charge < -0.3 is 15.3 Å². The van der Waals surface area contributed by atoms with E-state index in [2.05, 4.69) is 10.2 Å². The fraction of sp³-hybridized carbons (Fsp3) is 0.462. The molecule has 7 nitrogen and oxygen atoms in total. The van der Waals surface area contributed by atoms with Crippen LogP contribution in [0.25, 0.3) is 0 Å². The monoisotopic (exact) mass is 311 g/mol. The highest BCUT2D eigenvalue weighted by molar-refractivity contribution is 7.89. The molecule has 21 heavy (non-hydrogen) atoms. The van der Waals surface area contributed by atoms with Gasteiger partial charge in [-0.1, -0.05) is 0 Å². The van der Waals surface area contributed by atoms with Crippen molar-refractivity contribution in [3.05, 3.63) is 23.8 Å². The van der Waals surface area contributed by atoms with Gasteiger partial charge in [0, 0.05) is 37.4 Å². The summed E-state index contributed by atoms with van der Waals surface area (Å²) in [6.07, 6.45) is -1.30. The summed E-state index contributed by atoms with van der Waals surface area (Å²) < 4.78 is 26.6. The van der Waals surface area contributed by atoms with Crippen molar-refractivity contribution in [1.82, 2.24) is 9.21 Å². The SMILES string of the molecule is CN1CCN(S(=O)(=O)c2ccc3c(c2)C(O)C(=O)N3)CC1. The number of sulfonamides is 1. The summed E-state index contributed by atoms with van der Waals surface area (Å²) in [5.41, 5.74) is 0.778. The van der Waals surface area contributed by atoms with Crippen LogP contribution in [0.15, 0.2) is 23.1 Å². The third kappa shape index (κ3) is 2.44. The van der Waals surface area contributed by atoms with E-state index >= 15 is 0 Å². The van der Waals surface area contributed by atoms with Crippen LogP contribution in [-0.2, 0) is 14.8 Å². The normalized spacial score (nSPS) is 23.9. The Kier molecular flexibility index (Phi) is 3.48. The predicted molar refractivity (Wildman–Crippen MR) is 76.3 cm³/mol. The van der Waals surface area contributed by atoms with Crippen molar-refractivity contribution in [2.24, 2.45) is 0 Å². The number of anilines is 1. The molecule has 0 aliphatic carbocycles. The molecule has 2 heterocycles. The summed E-state index contributed by atoms with van der Waals surface area (Å²) in [5, 5.41) is 12.3. The van der Waals surface area contributed by atoms with Crippen LogP contribution < -0.4 is 5.32 Å². The zero-order valence-electron chi connectivity index (χ0n) is 11.6. The Labute approximate surface area is 123 Å². The van der Waals surface area contributed by atoms with Gasteiger partial charge in [-0.05, 0) is 25.2 Å². The van der Waals surface area contributed by atoms with Crippen molar-refractivity contribution in [3.8, 4) is 0 Å². The summed E-state index contributed by atoms with van der Waals surface area (Å²) >= 11 is 0. The number of hydrogen-bond donors (Lipinski definition) is 2. The Balaban J connectivity index is 1.92. The minimum absolute atomic E-state index is 0.112. The molecule has 1 atom stereocenters. The average Bonchev–Trinajstić information content (AvgIpc) is 2.74. The molecule has 3 rings (SSSR count). The summed E-state index contributed by atoms with van der Waals surface area (Å²) in [4.78, 5) is 13.6. The van der Waals surface area contributed by atoms with E-state index in [0.717, 1.165) is 0 Å². The number of aliphatic hydroxyl groups is 1. The summed E-state index contributed by atoms with van der Waals surface area (Å²) in [6, 6.07) is 4.36. The van der Waals surface area contributed by atoms with Crippen LogP contribution in [-0.4, -0.2) is 61.9 Å². The molecule has 8 heteroatoms. The Bertz CT molecular complexity index is 681. The fourth-order valence-corrected chi connectivity index (χ4v) is 4.02. The molecule has 0 spiro atoms. The summed E-state index contributed by atoms with van der Waals surface area (Å²) in [6.45, 7) is 2.25. The number of carbonyl (C=O) groups is 1. The lowest BCUT2D eigenvalue weighted by atomic mass is 10.1. The van der Waals surface area contributed by atoms with Crippen molar-refractivity contribution in [1.29, 1.82) is 0 Å². The smallest absolute Gasteiger partial charge is 0.257 e. The van der Waals surface area contributed by atoms with Gasteiger partial charge >= 0.3 is 0 Å². The van der Waals surface area contributed by atoms with Crippen LogP contribution in [0.3, 0.4) is 0 Å². The van der Waals surface area contributed by atoms with Gasteiger partial charge in [-0.3, -0.25) is 4.79 Å². The van der Waals surface area contributed by atoms with Crippen molar-refractivity contribution in [2.45, 2.75) is 11.0 Å². The van der Waals surface area contributed by atoms with Crippen molar-refractivity contribution < 1.29 is 18.3 Å². The number of rotatable bonds is 2. The number of likely N-dealkylation sites (N-methyl/N-ethyl adjacent to an activating group) is 1. The minimum Gasteiger partial charge on any atom is -0.378 e. The van der Waals surface area contributed by atoms with E-state index in [4.69, 9.17) is 0 Å². The molecular weight excluding hydrogens is 294 g/mol. The van der Waals surface area contributed by atoms with E-state index in [9.17, 15) is 18.3 Å². The number of nitrogens with one attached hydrogen (secondary N) is 1. The first-order chi connectivity index (χ1) is 9.89. The van der Waals surface area contributed by atoms with Crippen LogP contribution in [0.5, 0.6) is 0 Å². The molecule has 1 aromatic carbocycles. The van der Waals surface area contributed by atoms with Crippen LogP contribution in [0.2, 0.25) is 0 Å². The van der Waals surface area contributed by atoms with E-state index in [-0.39, 0.29) is 4.90 Å². The molecule has 2 N–H and O–H groups in total. The molecule has 1 aromatic rings. The maximum atomic E-state index is 12.6. The maximum Gasteiger partial charge on any atom is 0.257 e. The molecule has 1 saturated heterocycles. The van der Waals surface area contributed by atoms with E-state index in [1.807, 2.05) is 7.05 Å². The zero-order valence-corrected chi connectivity index (χ0v) is 12.4. The fourth-order valence-electron chi connectivity index (χ4n) is 2.56. The van der Waals surface area contributed by atoms with Gasteiger partial charge in [0.2, 0.25) is 10.0 Å². The van der Waals surface area contributed by atoms with Crippen molar-refractivity contribution >= 4 is 21.6 Å². The second-order valence-electron chi connectivity index (χ2n) is 5.35. The number of amides is 1. The zero-order chi connectivity index (χ0) is 15.2. The first-order valence-corrected chi connectivity index (χ1v) is 8.15. The Morgan fingerprint density at radius 1 is 1.24 bits per heavy atom. The molecule has 114 valence electrons. The average molecular weight is 311 g/mol. The molecule has 1 amide bonds. The molecule has 0 radical (unpaired) electrons. The van der Waals surface area contributed by atoms with E-state index in [0.29, 0.717) is 37.4 Å².